The first kappa shape index (κ1) is 14.1. The number of hydrogen-bond donors (Lipinski definition) is 1. The second-order valence-corrected chi connectivity index (χ2v) is 3.99. The number of methoxy groups -OCH3 is 1. The van der Waals surface area contributed by atoms with Gasteiger partial charge in [0.1, 0.15) is 0 Å². The average Bonchev–Trinajstić information content (AvgIpc) is 2.25. The van der Waals surface area contributed by atoms with E-state index in [1.807, 2.05) is 0 Å². The Morgan fingerprint density at radius 1 is 1.41 bits per heavy atom. The maximum Gasteiger partial charge on any atom is 0.418 e. The summed E-state index contributed by atoms with van der Waals surface area (Å²) in [6.45, 7) is 2.00. The first-order valence-electron chi connectivity index (χ1n) is 4.98. The van der Waals surface area contributed by atoms with Crippen LogP contribution in [0, 0.1) is 0 Å². The molecule has 0 heterocycles. The predicted molar refractivity (Wildman–Crippen MR) is 61.4 cm³/mol. The smallest absolute Gasteiger partial charge is 0.381 e. The van der Waals surface area contributed by atoms with Crippen molar-refractivity contribution in [1.82, 2.24) is 0 Å². The zero-order valence-corrected chi connectivity index (χ0v) is 10.2. The van der Waals surface area contributed by atoms with Gasteiger partial charge in [0, 0.05) is 13.7 Å². The lowest BCUT2D eigenvalue weighted by Gasteiger charge is -2.17. The average molecular weight is 268 g/mol. The molecule has 0 aromatic heterocycles. The number of benzene rings is 1. The quantitative estimate of drug-likeness (QED) is 0.896. The summed E-state index contributed by atoms with van der Waals surface area (Å²) in [5.41, 5.74) is -0.876. The molecule has 1 unspecified atom stereocenters. The van der Waals surface area contributed by atoms with Crippen LogP contribution in [0.1, 0.15) is 12.5 Å². The normalized spacial score (nSPS) is 13.5. The zero-order valence-electron chi connectivity index (χ0n) is 9.44. The van der Waals surface area contributed by atoms with E-state index in [0.717, 1.165) is 6.07 Å². The molecule has 17 heavy (non-hydrogen) atoms. The molecule has 0 spiro atoms. The van der Waals surface area contributed by atoms with Crippen LogP contribution in [0.4, 0.5) is 18.9 Å². The lowest BCUT2D eigenvalue weighted by atomic mass is 10.1. The first-order chi connectivity index (χ1) is 7.86. The van der Waals surface area contributed by atoms with Crippen molar-refractivity contribution in [3.63, 3.8) is 0 Å². The van der Waals surface area contributed by atoms with E-state index >= 15 is 0 Å². The van der Waals surface area contributed by atoms with Crippen LogP contribution in [0.5, 0.6) is 0 Å². The molecule has 1 N–H and O–H groups in total. The van der Waals surface area contributed by atoms with Gasteiger partial charge in [-0.2, -0.15) is 13.2 Å². The summed E-state index contributed by atoms with van der Waals surface area (Å²) in [5.74, 6) is 0. The van der Waals surface area contributed by atoms with Crippen LogP contribution in [0.25, 0.3) is 0 Å². The molecule has 1 atom stereocenters. The van der Waals surface area contributed by atoms with E-state index in [-0.39, 0.29) is 23.4 Å². The Morgan fingerprint density at radius 3 is 2.59 bits per heavy atom. The summed E-state index contributed by atoms with van der Waals surface area (Å²) in [6.07, 6.45) is -4.63. The molecular weight excluding hydrogens is 255 g/mol. The summed E-state index contributed by atoms with van der Waals surface area (Å²) in [5, 5.41) is 2.71. The minimum Gasteiger partial charge on any atom is -0.381 e. The summed E-state index contributed by atoms with van der Waals surface area (Å²) >= 11 is 5.76. The second kappa shape index (κ2) is 5.60. The van der Waals surface area contributed by atoms with Crippen molar-refractivity contribution in [3.05, 3.63) is 28.8 Å². The van der Waals surface area contributed by atoms with Crippen LogP contribution in [-0.4, -0.2) is 19.8 Å². The van der Waals surface area contributed by atoms with E-state index in [9.17, 15) is 13.2 Å². The number of ether oxygens (including phenoxy) is 1. The summed E-state index contributed by atoms with van der Waals surface area (Å²) in [4.78, 5) is 0. The lowest BCUT2D eigenvalue weighted by molar-refractivity contribution is -0.137. The summed E-state index contributed by atoms with van der Waals surface area (Å²) < 4.78 is 43.1. The van der Waals surface area contributed by atoms with Crippen LogP contribution in [-0.2, 0) is 10.9 Å². The van der Waals surface area contributed by atoms with Gasteiger partial charge in [-0.3, -0.25) is 0 Å². The molecule has 6 heteroatoms. The molecule has 0 aliphatic carbocycles. The fourth-order valence-electron chi connectivity index (χ4n) is 1.27. The highest BCUT2D eigenvalue weighted by molar-refractivity contribution is 6.33. The molecule has 2 nitrogen and oxygen atoms in total. The van der Waals surface area contributed by atoms with Gasteiger partial charge in [-0.1, -0.05) is 17.7 Å². The molecule has 1 aromatic rings. The third-order valence-corrected chi connectivity index (χ3v) is 2.60. The van der Waals surface area contributed by atoms with Gasteiger partial charge in [-0.05, 0) is 19.1 Å². The van der Waals surface area contributed by atoms with Crippen LogP contribution in [0.2, 0.25) is 5.02 Å². The van der Waals surface area contributed by atoms with Crippen LogP contribution in [0.15, 0.2) is 18.2 Å². The molecule has 1 aromatic carbocycles. The van der Waals surface area contributed by atoms with E-state index in [1.54, 1.807) is 6.92 Å². The Kier molecular flexibility index (Phi) is 4.65. The zero-order chi connectivity index (χ0) is 13.1. The van der Waals surface area contributed by atoms with Gasteiger partial charge in [-0.15, -0.1) is 0 Å². The Hall–Kier alpha value is -0.940. The maximum absolute atomic E-state index is 12.7. The van der Waals surface area contributed by atoms with Crippen molar-refractivity contribution in [2.24, 2.45) is 0 Å². The fourth-order valence-corrected chi connectivity index (χ4v) is 1.51. The Bertz CT molecular complexity index is 381. The predicted octanol–water partition coefficient (Wildman–Crippen LogP) is 3.81. The molecule has 0 fully saturated rings. The Labute approximate surface area is 103 Å². The molecule has 1 rings (SSSR count). The molecule has 0 aliphatic rings. The molecule has 0 saturated carbocycles. The van der Waals surface area contributed by atoms with Gasteiger partial charge in [-0.25, -0.2) is 0 Å². The van der Waals surface area contributed by atoms with Crippen molar-refractivity contribution < 1.29 is 17.9 Å². The lowest BCUT2D eigenvalue weighted by Crippen LogP contribution is -2.20. The molecule has 0 aliphatic heterocycles. The van der Waals surface area contributed by atoms with E-state index in [0.29, 0.717) is 0 Å². The third-order valence-electron chi connectivity index (χ3n) is 2.29. The molecule has 0 radical (unpaired) electrons. The topological polar surface area (TPSA) is 21.3 Å². The third kappa shape index (κ3) is 3.78. The van der Waals surface area contributed by atoms with Gasteiger partial charge in [0.05, 0.1) is 22.4 Å². The Morgan fingerprint density at radius 2 is 2.06 bits per heavy atom. The number of halogens is 4. The van der Waals surface area contributed by atoms with Crippen molar-refractivity contribution in [2.75, 3.05) is 19.0 Å². The number of anilines is 1. The van der Waals surface area contributed by atoms with Gasteiger partial charge in [0.25, 0.3) is 0 Å². The van der Waals surface area contributed by atoms with Crippen LogP contribution >= 0.6 is 11.6 Å². The number of hydrogen-bond acceptors (Lipinski definition) is 2. The van der Waals surface area contributed by atoms with Gasteiger partial charge in [0.2, 0.25) is 0 Å². The molecule has 96 valence electrons. The van der Waals surface area contributed by atoms with Crippen molar-refractivity contribution >= 4 is 17.3 Å². The highest BCUT2D eigenvalue weighted by Gasteiger charge is 2.34. The largest absolute Gasteiger partial charge is 0.418 e. The van der Waals surface area contributed by atoms with Crippen molar-refractivity contribution in [2.45, 2.75) is 19.2 Å². The Balaban J connectivity index is 2.96. The number of rotatable bonds is 4. The van der Waals surface area contributed by atoms with Gasteiger partial charge >= 0.3 is 6.18 Å². The van der Waals surface area contributed by atoms with Crippen LogP contribution < -0.4 is 5.32 Å². The van der Waals surface area contributed by atoms with Crippen molar-refractivity contribution in [1.29, 1.82) is 0 Å². The highest BCUT2D eigenvalue weighted by Crippen LogP contribution is 2.38. The standard InChI is InChI=1S/C11H13ClF3NO/c1-7(17-2)6-16-10-8(11(13,14)15)4-3-5-9(10)12/h3-5,7,16H,6H2,1-2H3. The van der Waals surface area contributed by atoms with E-state index in [1.165, 1.54) is 19.2 Å². The minimum atomic E-state index is -4.43. The number of nitrogens with one attached hydrogen (secondary N) is 1. The van der Waals surface area contributed by atoms with Crippen LogP contribution in [0.3, 0.4) is 0 Å². The molecule has 0 amide bonds. The van der Waals surface area contributed by atoms with E-state index < -0.39 is 11.7 Å². The highest BCUT2D eigenvalue weighted by atomic mass is 35.5. The van der Waals surface area contributed by atoms with E-state index in [2.05, 4.69) is 5.32 Å². The SMILES string of the molecule is COC(C)CNc1c(Cl)cccc1C(F)(F)F. The maximum atomic E-state index is 12.7. The van der Waals surface area contributed by atoms with Gasteiger partial charge in [0.15, 0.2) is 0 Å². The number of alkyl halides is 3. The minimum absolute atomic E-state index is 0.0446. The second-order valence-electron chi connectivity index (χ2n) is 3.59. The molecule has 0 bridgehead atoms. The van der Waals surface area contributed by atoms with Gasteiger partial charge < -0.3 is 10.1 Å². The number of para-hydroxylation sites is 1. The monoisotopic (exact) mass is 267 g/mol. The van der Waals surface area contributed by atoms with E-state index in [4.69, 9.17) is 16.3 Å². The first-order valence-corrected chi connectivity index (χ1v) is 5.36. The summed E-state index contributed by atoms with van der Waals surface area (Å²) in [7, 11) is 1.49. The fraction of sp³-hybridized carbons (Fsp3) is 0.455. The van der Waals surface area contributed by atoms with Crippen molar-refractivity contribution in [3.8, 4) is 0 Å². The molecular formula is C11H13ClF3NO. The summed E-state index contributed by atoms with van der Waals surface area (Å²) in [6, 6.07) is 3.68. The molecule has 0 saturated heterocycles.